The lowest BCUT2D eigenvalue weighted by Gasteiger charge is -2.34. The molecule has 1 aromatic rings. The summed E-state index contributed by atoms with van der Waals surface area (Å²) in [5, 5.41) is 9.21. The van der Waals surface area contributed by atoms with Gasteiger partial charge in [-0.1, -0.05) is 0 Å². The molecule has 0 spiro atoms. The molecule has 1 aliphatic heterocycles. The van der Waals surface area contributed by atoms with E-state index in [1.54, 1.807) is 24.0 Å². The molecule has 1 aromatic carbocycles. The number of amides is 1. The number of hydrogen-bond acceptors (Lipinski definition) is 4. The van der Waals surface area contributed by atoms with Crippen LogP contribution >= 0.6 is 0 Å². The van der Waals surface area contributed by atoms with Gasteiger partial charge in [-0.2, -0.15) is 0 Å². The van der Waals surface area contributed by atoms with E-state index in [0.29, 0.717) is 25.3 Å². The average molecular weight is 293 g/mol. The van der Waals surface area contributed by atoms with Crippen molar-refractivity contribution >= 4 is 12.1 Å². The van der Waals surface area contributed by atoms with Crippen molar-refractivity contribution in [2.24, 2.45) is 0 Å². The van der Waals surface area contributed by atoms with Crippen molar-refractivity contribution in [3.63, 3.8) is 0 Å². The van der Waals surface area contributed by atoms with Crippen molar-refractivity contribution in [1.29, 1.82) is 0 Å². The molecule has 1 aliphatic rings. The summed E-state index contributed by atoms with van der Waals surface area (Å²) >= 11 is 0. The number of aromatic carboxylic acids is 1. The molecule has 0 aliphatic carbocycles. The summed E-state index contributed by atoms with van der Waals surface area (Å²) in [4.78, 5) is 24.8. The molecule has 1 atom stereocenters. The summed E-state index contributed by atoms with van der Waals surface area (Å²) in [6.07, 6.45) is 0.250. The maximum absolute atomic E-state index is 11.9. The highest BCUT2D eigenvalue weighted by molar-refractivity contribution is 5.91. The van der Waals surface area contributed by atoms with Gasteiger partial charge in [0.15, 0.2) is 0 Å². The van der Waals surface area contributed by atoms with Gasteiger partial charge in [-0.3, -0.25) is 0 Å². The Bertz CT molecular complexity index is 569. The van der Waals surface area contributed by atoms with Gasteiger partial charge in [-0.25, -0.2) is 9.59 Å². The minimum atomic E-state index is -1.02. The molecule has 0 radical (unpaired) electrons. The highest BCUT2D eigenvalue weighted by Crippen LogP contribution is 2.34. The highest BCUT2D eigenvalue weighted by atomic mass is 16.6. The monoisotopic (exact) mass is 293 g/mol. The van der Waals surface area contributed by atoms with E-state index in [1.807, 2.05) is 6.92 Å². The summed E-state index contributed by atoms with van der Waals surface area (Å²) in [6, 6.07) is 3.16. The number of benzene rings is 1. The predicted molar refractivity (Wildman–Crippen MR) is 75.8 cm³/mol. The zero-order valence-electron chi connectivity index (χ0n) is 12.4. The van der Waals surface area contributed by atoms with E-state index in [1.165, 1.54) is 7.11 Å². The summed E-state index contributed by atoms with van der Waals surface area (Å²) in [5.74, 6) is -0.714. The molecule has 1 amide bonds. The van der Waals surface area contributed by atoms with Crippen molar-refractivity contribution < 1.29 is 24.2 Å². The second kappa shape index (κ2) is 6.03. The average Bonchev–Trinajstić information content (AvgIpc) is 2.46. The lowest BCUT2D eigenvalue weighted by atomic mass is 9.91. The van der Waals surface area contributed by atoms with Gasteiger partial charge < -0.3 is 19.5 Å². The van der Waals surface area contributed by atoms with Crippen LogP contribution in [0.25, 0.3) is 0 Å². The fraction of sp³-hybridized carbons (Fsp3) is 0.467. The van der Waals surface area contributed by atoms with E-state index < -0.39 is 5.97 Å². The summed E-state index contributed by atoms with van der Waals surface area (Å²) < 4.78 is 10.2. The van der Waals surface area contributed by atoms with Gasteiger partial charge in [-0.15, -0.1) is 0 Å². The normalized spacial score (nSPS) is 17.1. The number of carbonyl (C=O) groups excluding carboxylic acids is 1. The molecular weight excluding hydrogens is 274 g/mol. The van der Waals surface area contributed by atoms with E-state index in [4.69, 9.17) is 9.47 Å². The summed E-state index contributed by atoms with van der Waals surface area (Å²) in [5.41, 5.74) is 1.98. The zero-order chi connectivity index (χ0) is 15.6. The largest absolute Gasteiger partial charge is 0.496 e. The molecular formula is C15H19NO5. The molecule has 1 unspecified atom stereocenters. The Morgan fingerprint density at radius 2 is 2.14 bits per heavy atom. The Balaban J connectivity index is 2.39. The Hall–Kier alpha value is -2.24. The van der Waals surface area contributed by atoms with Gasteiger partial charge in [0.25, 0.3) is 0 Å². The number of fused-ring (bicyclic) bond motifs is 1. The van der Waals surface area contributed by atoms with Crippen molar-refractivity contribution in [1.82, 2.24) is 4.90 Å². The smallest absolute Gasteiger partial charge is 0.410 e. The van der Waals surface area contributed by atoms with Gasteiger partial charge in [0, 0.05) is 6.54 Å². The molecule has 21 heavy (non-hydrogen) atoms. The van der Waals surface area contributed by atoms with Crippen LogP contribution in [0.2, 0.25) is 0 Å². The quantitative estimate of drug-likeness (QED) is 0.926. The number of methoxy groups -OCH3 is 1. The number of hydrogen-bond donors (Lipinski definition) is 1. The van der Waals surface area contributed by atoms with Gasteiger partial charge in [-0.05, 0) is 43.5 Å². The lowest BCUT2D eigenvalue weighted by molar-refractivity contribution is 0.0691. The molecule has 0 fully saturated rings. The molecule has 1 heterocycles. The van der Waals surface area contributed by atoms with Gasteiger partial charge in [0.2, 0.25) is 0 Å². The van der Waals surface area contributed by atoms with E-state index in [2.05, 4.69) is 0 Å². The number of nitrogens with zero attached hydrogens (tertiary/aromatic N) is 1. The first-order valence-corrected chi connectivity index (χ1v) is 6.87. The Labute approximate surface area is 123 Å². The molecule has 0 saturated heterocycles. The summed E-state index contributed by atoms with van der Waals surface area (Å²) in [7, 11) is 1.44. The van der Waals surface area contributed by atoms with E-state index in [-0.39, 0.29) is 17.7 Å². The minimum Gasteiger partial charge on any atom is -0.496 e. The lowest BCUT2D eigenvalue weighted by Crippen LogP contribution is -2.39. The molecule has 0 saturated carbocycles. The molecule has 114 valence electrons. The predicted octanol–water partition coefficient (Wildman–Crippen LogP) is 2.47. The fourth-order valence-electron chi connectivity index (χ4n) is 2.64. The molecule has 6 nitrogen and oxygen atoms in total. The van der Waals surface area contributed by atoms with Crippen LogP contribution < -0.4 is 4.74 Å². The van der Waals surface area contributed by atoms with Gasteiger partial charge in [0.1, 0.15) is 11.3 Å². The van der Waals surface area contributed by atoms with Crippen LogP contribution in [0.1, 0.15) is 41.4 Å². The van der Waals surface area contributed by atoms with Crippen LogP contribution in [-0.4, -0.2) is 42.3 Å². The minimum absolute atomic E-state index is 0.146. The Morgan fingerprint density at radius 3 is 2.71 bits per heavy atom. The molecule has 2 rings (SSSR count). The zero-order valence-corrected chi connectivity index (χ0v) is 12.4. The molecule has 1 N–H and O–H groups in total. The van der Waals surface area contributed by atoms with E-state index in [0.717, 1.165) is 11.1 Å². The first-order chi connectivity index (χ1) is 9.99. The Kier molecular flexibility index (Phi) is 4.35. The second-order valence-corrected chi connectivity index (χ2v) is 4.87. The number of carbonyl (C=O) groups is 2. The second-order valence-electron chi connectivity index (χ2n) is 4.87. The first kappa shape index (κ1) is 15.2. The summed E-state index contributed by atoms with van der Waals surface area (Å²) in [6.45, 7) is 4.51. The third-order valence-corrected chi connectivity index (χ3v) is 3.73. The van der Waals surface area contributed by atoms with Crippen molar-refractivity contribution in [3.05, 3.63) is 28.8 Å². The standard InChI is InChI=1S/C15H19NO5/c1-4-21-15(19)16-6-5-10-7-12(14(17)18)13(20-3)8-11(10)9(16)2/h7-9H,4-6H2,1-3H3,(H,17,18). The van der Waals surface area contributed by atoms with Crippen LogP contribution in [0.15, 0.2) is 12.1 Å². The fourth-order valence-corrected chi connectivity index (χ4v) is 2.64. The van der Waals surface area contributed by atoms with Gasteiger partial charge >= 0.3 is 12.1 Å². The van der Waals surface area contributed by atoms with Crippen LogP contribution in [0, 0.1) is 0 Å². The number of carboxylic acids is 1. The van der Waals surface area contributed by atoms with E-state index >= 15 is 0 Å². The first-order valence-electron chi connectivity index (χ1n) is 6.87. The van der Waals surface area contributed by atoms with E-state index in [9.17, 15) is 14.7 Å². The molecule has 6 heteroatoms. The van der Waals surface area contributed by atoms with Crippen LogP contribution in [-0.2, 0) is 11.2 Å². The number of carboxylic acid groups (broad SMARTS) is 1. The van der Waals surface area contributed by atoms with Crippen LogP contribution in [0.5, 0.6) is 5.75 Å². The highest BCUT2D eigenvalue weighted by Gasteiger charge is 2.30. The third kappa shape index (κ3) is 2.79. The third-order valence-electron chi connectivity index (χ3n) is 3.73. The maximum atomic E-state index is 11.9. The van der Waals surface area contributed by atoms with Crippen molar-refractivity contribution in [2.45, 2.75) is 26.3 Å². The number of ether oxygens (including phenoxy) is 2. The van der Waals surface area contributed by atoms with Crippen LogP contribution in [0.3, 0.4) is 0 Å². The van der Waals surface area contributed by atoms with Crippen LogP contribution in [0.4, 0.5) is 4.79 Å². The maximum Gasteiger partial charge on any atom is 0.410 e. The number of rotatable bonds is 3. The topological polar surface area (TPSA) is 76.1 Å². The molecule has 0 bridgehead atoms. The SMILES string of the molecule is CCOC(=O)N1CCc2cc(C(=O)O)c(OC)cc2C1C. The van der Waals surface area contributed by atoms with Crippen molar-refractivity contribution in [3.8, 4) is 5.75 Å². The molecule has 0 aromatic heterocycles. The van der Waals surface area contributed by atoms with Crippen molar-refractivity contribution in [2.75, 3.05) is 20.3 Å². The van der Waals surface area contributed by atoms with Gasteiger partial charge in [0.05, 0.1) is 19.8 Å². The Morgan fingerprint density at radius 1 is 1.43 bits per heavy atom.